The molecule has 0 heterocycles. The van der Waals surface area contributed by atoms with E-state index in [1.807, 2.05) is 0 Å². The Bertz CT molecular complexity index is 667. The van der Waals surface area contributed by atoms with Gasteiger partial charge >= 0.3 is 11.9 Å². The van der Waals surface area contributed by atoms with Crippen LogP contribution in [0, 0.1) is 28.6 Å². The fourth-order valence-electron chi connectivity index (χ4n) is 7.31. The summed E-state index contributed by atoms with van der Waals surface area (Å²) in [5, 5.41) is 0. The van der Waals surface area contributed by atoms with E-state index in [1.165, 1.54) is 25.3 Å². The third-order valence-corrected chi connectivity index (χ3v) is 8.61. The van der Waals surface area contributed by atoms with Gasteiger partial charge in [0.15, 0.2) is 0 Å². The van der Waals surface area contributed by atoms with Crippen molar-refractivity contribution in [3.63, 3.8) is 0 Å². The van der Waals surface area contributed by atoms with Crippen molar-refractivity contribution >= 4 is 11.9 Å². The van der Waals surface area contributed by atoms with E-state index in [9.17, 15) is 9.59 Å². The second kappa shape index (κ2) is 6.63. The molecule has 4 aliphatic carbocycles. The zero-order chi connectivity index (χ0) is 19.4. The van der Waals surface area contributed by atoms with Crippen LogP contribution >= 0.6 is 0 Å². The van der Waals surface area contributed by atoms with E-state index in [-0.39, 0.29) is 35.0 Å². The quantitative estimate of drug-likeness (QED) is 0.514. The van der Waals surface area contributed by atoms with E-state index in [0.29, 0.717) is 17.8 Å². The summed E-state index contributed by atoms with van der Waals surface area (Å²) < 4.78 is 11.3. The van der Waals surface area contributed by atoms with Crippen molar-refractivity contribution in [3.8, 4) is 0 Å². The zero-order valence-corrected chi connectivity index (χ0v) is 17.3. The maximum atomic E-state index is 11.6. The molecule has 5 unspecified atom stereocenters. The van der Waals surface area contributed by atoms with Crippen LogP contribution in [0.3, 0.4) is 0 Å². The second-order valence-electron chi connectivity index (χ2n) is 9.95. The third kappa shape index (κ3) is 3.03. The molecule has 0 aromatic heterocycles. The van der Waals surface area contributed by atoms with Crippen LogP contribution < -0.4 is 0 Å². The molecule has 4 aliphatic rings. The van der Waals surface area contributed by atoms with E-state index < -0.39 is 0 Å². The Morgan fingerprint density at radius 3 is 2.41 bits per heavy atom. The molecule has 27 heavy (non-hydrogen) atoms. The van der Waals surface area contributed by atoms with Crippen LogP contribution in [0.5, 0.6) is 0 Å². The number of ether oxygens (including phenoxy) is 2. The Labute approximate surface area is 163 Å². The van der Waals surface area contributed by atoms with Crippen LogP contribution in [0.1, 0.15) is 79.1 Å². The molecule has 3 fully saturated rings. The lowest BCUT2D eigenvalue weighted by atomic mass is 9.48. The highest BCUT2D eigenvalue weighted by atomic mass is 16.5. The number of hydrogen-bond acceptors (Lipinski definition) is 4. The number of fused-ring (bicyclic) bond motifs is 5. The van der Waals surface area contributed by atoms with Crippen LogP contribution in [0.4, 0.5) is 0 Å². The molecule has 4 nitrogen and oxygen atoms in total. The van der Waals surface area contributed by atoms with Gasteiger partial charge in [0.25, 0.3) is 0 Å². The van der Waals surface area contributed by atoms with Gasteiger partial charge in [-0.05, 0) is 68.1 Å². The Morgan fingerprint density at radius 2 is 1.70 bits per heavy atom. The molecule has 0 saturated heterocycles. The first kappa shape index (κ1) is 19.0. The van der Waals surface area contributed by atoms with Gasteiger partial charge in [0.2, 0.25) is 0 Å². The normalized spacial score (nSPS) is 45.8. The molecule has 0 aliphatic heterocycles. The number of hydrogen-bond donors (Lipinski definition) is 0. The summed E-state index contributed by atoms with van der Waals surface area (Å²) in [4.78, 5) is 22.9. The van der Waals surface area contributed by atoms with Gasteiger partial charge in [-0.2, -0.15) is 0 Å². The molecule has 3 saturated carbocycles. The average Bonchev–Trinajstić information content (AvgIpc) is 2.91. The number of rotatable bonds is 2. The highest BCUT2D eigenvalue weighted by Crippen LogP contribution is 2.65. The second-order valence-corrected chi connectivity index (χ2v) is 9.95. The fourth-order valence-corrected chi connectivity index (χ4v) is 7.31. The minimum atomic E-state index is -0.159. The van der Waals surface area contributed by atoms with Crippen LogP contribution in [0.2, 0.25) is 0 Å². The minimum absolute atomic E-state index is 0.0621. The molecule has 0 aromatic carbocycles. The topological polar surface area (TPSA) is 52.6 Å². The van der Waals surface area contributed by atoms with Crippen molar-refractivity contribution in [2.24, 2.45) is 28.6 Å². The van der Waals surface area contributed by atoms with Gasteiger partial charge in [-0.1, -0.05) is 25.5 Å². The molecule has 0 amide bonds. The smallest absolute Gasteiger partial charge is 0.302 e. The lowest BCUT2D eigenvalue weighted by Gasteiger charge is -2.57. The molecule has 0 N–H and O–H groups in total. The highest BCUT2D eigenvalue weighted by molar-refractivity contribution is 5.66. The summed E-state index contributed by atoms with van der Waals surface area (Å²) >= 11 is 0. The van der Waals surface area contributed by atoms with Gasteiger partial charge < -0.3 is 9.47 Å². The van der Waals surface area contributed by atoms with E-state index in [1.54, 1.807) is 6.92 Å². The summed E-state index contributed by atoms with van der Waals surface area (Å²) in [6, 6.07) is 0. The van der Waals surface area contributed by atoms with Crippen molar-refractivity contribution in [1.82, 2.24) is 0 Å². The van der Waals surface area contributed by atoms with Crippen molar-refractivity contribution in [3.05, 3.63) is 11.6 Å². The summed E-state index contributed by atoms with van der Waals surface area (Å²) in [5.74, 6) is 1.77. The predicted molar refractivity (Wildman–Crippen MR) is 103 cm³/mol. The SMILES string of the molecule is CC(=O)OC1CC[C@@]2(C)C(=CCC3C4CCC(OC(C)=O)[C@@]4(C)CCC32)C1. The maximum Gasteiger partial charge on any atom is 0.302 e. The van der Waals surface area contributed by atoms with Crippen molar-refractivity contribution in [2.75, 3.05) is 0 Å². The van der Waals surface area contributed by atoms with E-state index >= 15 is 0 Å². The average molecular weight is 375 g/mol. The summed E-state index contributed by atoms with van der Waals surface area (Å²) in [7, 11) is 0. The minimum Gasteiger partial charge on any atom is -0.462 e. The molecule has 0 spiro atoms. The Hall–Kier alpha value is -1.32. The standard InChI is InChI=1S/C23H34O4/c1-14(24)26-17-9-11-22(3)16(13-17)5-6-18-19-7-8-21(27-15(2)25)23(19,4)12-10-20(18)22/h5,17-21H,6-13H2,1-4H3/t17?,18?,19?,20?,21?,22-,23-/m0/s1. The van der Waals surface area contributed by atoms with Gasteiger partial charge in [-0.3, -0.25) is 9.59 Å². The molecule has 0 aromatic rings. The van der Waals surface area contributed by atoms with E-state index in [0.717, 1.165) is 38.5 Å². The van der Waals surface area contributed by atoms with E-state index in [4.69, 9.17) is 9.47 Å². The number of carbonyl (C=O) groups is 2. The first-order valence-electron chi connectivity index (χ1n) is 10.8. The largest absolute Gasteiger partial charge is 0.462 e. The predicted octanol–water partition coefficient (Wildman–Crippen LogP) is 4.81. The van der Waals surface area contributed by atoms with Gasteiger partial charge in [0, 0.05) is 25.7 Å². The van der Waals surface area contributed by atoms with Crippen molar-refractivity contribution in [2.45, 2.75) is 91.3 Å². The van der Waals surface area contributed by atoms with Gasteiger partial charge in [0.1, 0.15) is 12.2 Å². The van der Waals surface area contributed by atoms with Crippen molar-refractivity contribution < 1.29 is 19.1 Å². The number of allylic oxidation sites excluding steroid dienone is 1. The lowest BCUT2D eigenvalue weighted by Crippen LogP contribution is -2.51. The molecule has 4 heteroatoms. The third-order valence-electron chi connectivity index (χ3n) is 8.61. The molecule has 150 valence electrons. The lowest BCUT2D eigenvalue weighted by molar-refractivity contribution is -0.157. The first-order chi connectivity index (χ1) is 12.7. The van der Waals surface area contributed by atoms with Gasteiger partial charge in [-0.25, -0.2) is 0 Å². The van der Waals surface area contributed by atoms with Crippen LogP contribution in [0.15, 0.2) is 11.6 Å². The van der Waals surface area contributed by atoms with E-state index in [2.05, 4.69) is 19.9 Å². The van der Waals surface area contributed by atoms with Crippen LogP contribution in [0.25, 0.3) is 0 Å². The Balaban J connectivity index is 1.55. The Kier molecular flexibility index (Phi) is 4.67. The van der Waals surface area contributed by atoms with Crippen LogP contribution in [-0.2, 0) is 19.1 Å². The Morgan fingerprint density at radius 1 is 0.963 bits per heavy atom. The zero-order valence-electron chi connectivity index (χ0n) is 17.3. The number of esters is 2. The fraction of sp³-hybridized carbons (Fsp3) is 0.826. The summed E-state index contributed by atoms with van der Waals surface area (Å²) in [6.07, 6.45) is 11.4. The molecule has 4 rings (SSSR count). The van der Waals surface area contributed by atoms with Gasteiger partial charge in [-0.15, -0.1) is 0 Å². The molecule has 0 radical (unpaired) electrons. The molecule has 7 atom stereocenters. The monoisotopic (exact) mass is 374 g/mol. The van der Waals surface area contributed by atoms with Gasteiger partial charge in [0.05, 0.1) is 0 Å². The maximum absolute atomic E-state index is 11.6. The molecular weight excluding hydrogens is 340 g/mol. The highest BCUT2D eigenvalue weighted by Gasteiger charge is 2.59. The van der Waals surface area contributed by atoms with Crippen molar-refractivity contribution in [1.29, 1.82) is 0 Å². The molecular formula is C23H34O4. The van der Waals surface area contributed by atoms with Crippen LogP contribution in [-0.4, -0.2) is 24.1 Å². The molecule has 0 bridgehead atoms. The summed E-state index contributed by atoms with van der Waals surface area (Å²) in [6.45, 7) is 7.88. The first-order valence-corrected chi connectivity index (χ1v) is 10.8. The summed E-state index contributed by atoms with van der Waals surface area (Å²) in [5.41, 5.74) is 1.92. The number of carbonyl (C=O) groups excluding carboxylic acids is 2.